The highest BCUT2D eigenvalue weighted by Gasteiger charge is 2.22. The molecule has 7 heteroatoms. The number of aromatic nitrogens is 1. The van der Waals surface area contributed by atoms with Crippen LogP contribution < -0.4 is 15.4 Å². The van der Waals surface area contributed by atoms with Crippen LogP contribution >= 0.6 is 24.0 Å². The Hall–Kier alpha value is -1.09. The average molecular weight is 490 g/mol. The van der Waals surface area contributed by atoms with Gasteiger partial charge in [-0.3, -0.25) is 0 Å². The van der Waals surface area contributed by atoms with E-state index in [1.807, 2.05) is 18.3 Å². The first-order valence-corrected chi connectivity index (χ1v) is 9.95. The molecular formula is C20H35IN4O2. The molecule has 1 aromatic rings. The van der Waals surface area contributed by atoms with Gasteiger partial charge in [0.1, 0.15) is 0 Å². The van der Waals surface area contributed by atoms with E-state index in [1.54, 1.807) is 0 Å². The molecule has 1 saturated carbocycles. The molecule has 0 aromatic carbocycles. The molecule has 1 unspecified atom stereocenters. The van der Waals surface area contributed by atoms with E-state index in [0.717, 1.165) is 56.4 Å². The molecule has 2 rings (SSSR count). The van der Waals surface area contributed by atoms with Crippen molar-refractivity contribution in [2.45, 2.75) is 52.5 Å². The third kappa shape index (κ3) is 10.1. The monoisotopic (exact) mass is 490 g/mol. The first-order valence-electron chi connectivity index (χ1n) is 9.95. The summed E-state index contributed by atoms with van der Waals surface area (Å²) >= 11 is 0. The zero-order valence-corrected chi connectivity index (χ0v) is 18.9. The predicted molar refractivity (Wildman–Crippen MR) is 121 cm³/mol. The Morgan fingerprint density at radius 3 is 2.70 bits per heavy atom. The second-order valence-corrected chi connectivity index (χ2v) is 7.00. The van der Waals surface area contributed by atoms with Gasteiger partial charge < -0.3 is 20.5 Å². The number of guanidine groups is 1. The number of aliphatic imine (C=N–C) groups is 1. The van der Waals surface area contributed by atoms with Crippen LogP contribution in [0.1, 0.15) is 51.5 Å². The summed E-state index contributed by atoms with van der Waals surface area (Å²) in [6.45, 7) is 7.47. The third-order valence-electron chi connectivity index (χ3n) is 4.52. The van der Waals surface area contributed by atoms with Crippen LogP contribution in [-0.2, 0) is 6.54 Å². The van der Waals surface area contributed by atoms with Gasteiger partial charge in [-0.2, -0.15) is 0 Å². The minimum absolute atomic E-state index is 0. The summed E-state index contributed by atoms with van der Waals surface area (Å²) in [7, 11) is 0. The fraction of sp³-hybridized carbons (Fsp3) is 0.700. The van der Waals surface area contributed by atoms with Gasteiger partial charge in [-0.15, -0.1) is 24.0 Å². The molecule has 154 valence electrons. The van der Waals surface area contributed by atoms with E-state index in [0.29, 0.717) is 18.3 Å². The van der Waals surface area contributed by atoms with Crippen molar-refractivity contribution >= 4 is 29.9 Å². The fourth-order valence-corrected chi connectivity index (χ4v) is 2.77. The smallest absolute Gasteiger partial charge is 0.213 e. The maximum Gasteiger partial charge on any atom is 0.213 e. The van der Waals surface area contributed by atoms with Crippen molar-refractivity contribution < 1.29 is 9.84 Å². The summed E-state index contributed by atoms with van der Waals surface area (Å²) in [6, 6.07) is 3.94. The maximum absolute atomic E-state index is 9.19. The van der Waals surface area contributed by atoms with Crippen LogP contribution in [0.3, 0.4) is 0 Å². The van der Waals surface area contributed by atoms with Crippen LogP contribution in [0.5, 0.6) is 5.88 Å². The maximum atomic E-state index is 9.19. The molecule has 1 heterocycles. The van der Waals surface area contributed by atoms with E-state index in [1.165, 1.54) is 12.8 Å². The number of halogens is 1. The second kappa shape index (κ2) is 14.0. The molecule has 6 nitrogen and oxygen atoms in total. The fourth-order valence-electron chi connectivity index (χ4n) is 2.77. The molecular weight excluding hydrogens is 455 g/mol. The van der Waals surface area contributed by atoms with Crippen molar-refractivity contribution in [3.63, 3.8) is 0 Å². The van der Waals surface area contributed by atoms with E-state index in [9.17, 15) is 5.11 Å². The van der Waals surface area contributed by atoms with Crippen molar-refractivity contribution in [1.29, 1.82) is 0 Å². The highest BCUT2D eigenvalue weighted by Crippen LogP contribution is 2.29. The number of ether oxygens (including phenoxy) is 1. The molecule has 0 bridgehead atoms. The largest absolute Gasteiger partial charge is 0.477 e. The molecule has 0 amide bonds. The van der Waals surface area contributed by atoms with Crippen LogP contribution in [0.4, 0.5) is 0 Å². The molecule has 3 N–H and O–H groups in total. The average Bonchev–Trinajstić information content (AvgIpc) is 3.48. The van der Waals surface area contributed by atoms with E-state index in [4.69, 9.17) is 4.74 Å². The first-order chi connectivity index (χ1) is 12.7. The van der Waals surface area contributed by atoms with Gasteiger partial charge in [-0.1, -0.05) is 19.4 Å². The van der Waals surface area contributed by atoms with Crippen molar-refractivity contribution in [3.05, 3.63) is 23.9 Å². The van der Waals surface area contributed by atoms with Crippen LogP contribution in [-0.4, -0.2) is 42.4 Å². The molecule has 0 aliphatic heterocycles. The Balaban J connectivity index is 0.00000364. The summed E-state index contributed by atoms with van der Waals surface area (Å²) in [5, 5.41) is 15.9. The van der Waals surface area contributed by atoms with Gasteiger partial charge in [0.25, 0.3) is 0 Å². The molecule has 27 heavy (non-hydrogen) atoms. The zero-order valence-electron chi connectivity index (χ0n) is 16.6. The number of rotatable bonds is 12. The molecule has 0 saturated heterocycles. The number of hydrogen-bond acceptors (Lipinski definition) is 4. The number of nitrogens with zero attached hydrogens (tertiary/aromatic N) is 2. The summed E-state index contributed by atoms with van der Waals surface area (Å²) in [5.41, 5.74) is 1.06. The van der Waals surface area contributed by atoms with E-state index in [-0.39, 0.29) is 30.6 Å². The zero-order chi connectivity index (χ0) is 18.6. The number of hydrogen-bond donors (Lipinski definition) is 3. The summed E-state index contributed by atoms with van der Waals surface area (Å²) in [5.74, 6) is 2.71. The Morgan fingerprint density at radius 2 is 2.11 bits per heavy atom. The molecule has 1 aliphatic carbocycles. The van der Waals surface area contributed by atoms with E-state index < -0.39 is 0 Å². The highest BCUT2D eigenvalue weighted by atomic mass is 127. The number of nitrogens with one attached hydrogen (secondary N) is 2. The lowest BCUT2D eigenvalue weighted by atomic mass is 10.0. The van der Waals surface area contributed by atoms with Gasteiger partial charge in [-0.05, 0) is 50.0 Å². The predicted octanol–water partition coefficient (Wildman–Crippen LogP) is 3.34. The van der Waals surface area contributed by atoms with E-state index in [2.05, 4.69) is 34.5 Å². The second-order valence-electron chi connectivity index (χ2n) is 7.00. The van der Waals surface area contributed by atoms with Crippen LogP contribution in [0.25, 0.3) is 0 Å². The lowest BCUT2D eigenvalue weighted by Gasteiger charge is -2.18. The van der Waals surface area contributed by atoms with Crippen molar-refractivity contribution in [2.24, 2.45) is 16.8 Å². The molecule has 0 radical (unpaired) electrons. The number of aliphatic hydroxyl groups excluding tert-OH is 1. The Labute approximate surface area is 180 Å². The summed E-state index contributed by atoms with van der Waals surface area (Å²) in [4.78, 5) is 9.01. The highest BCUT2D eigenvalue weighted by molar-refractivity contribution is 14.0. The van der Waals surface area contributed by atoms with E-state index >= 15 is 0 Å². The molecule has 1 fully saturated rings. The topological polar surface area (TPSA) is 78.8 Å². The van der Waals surface area contributed by atoms with Gasteiger partial charge in [0.15, 0.2) is 5.96 Å². The van der Waals surface area contributed by atoms with Crippen LogP contribution in [0.15, 0.2) is 23.3 Å². The Kier molecular flexibility index (Phi) is 12.4. The third-order valence-corrected chi connectivity index (χ3v) is 4.52. The van der Waals surface area contributed by atoms with Gasteiger partial charge >= 0.3 is 0 Å². The molecule has 0 spiro atoms. The SMILES string of the molecule is CCCC(CCO)CNC(=NCc1ccc(OCC2CC2)nc1)NCC.I. The quantitative estimate of drug-likeness (QED) is 0.238. The van der Waals surface area contributed by atoms with Crippen LogP contribution in [0, 0.1) is 11.8 Å². The minimum Gasteiger partial charge on any atom is -0.477 e. The molecule has 1 aliphatic rings. The van der Waals surface area contributed by atoms with Crippen LogP contribution in [0.2, 0.25) is 0 Å². The minimum atomic E-state index is 0. The summed E-state index contributed by atoms with van der Waals surface area (Å²) in [6.07, 6.45) is 7.46. The molecule has 1 atom stereocenters. The van der Waals surface area contributed by atoms with Gasteiger partial charge in [0, 0.05) is 32.0 Å². The standard InChI is InChI=1S/C20H34N4O2.HI/c1-3-5-16(10-11-25)12-23-20(21-4-2)24-14-18-8-9-19(22-13-18)26-15-17-6-7-17;/h8-9,13,16-17,25H,3-7,10-12,14-15H2,1-2H3,(H2,21,23,24);1H. The molecule has 1 aromatic heterocycles. The Bertz CT molecular complexity index is 529. The lowest BCUT2D eigenvalue weighted by Crippen LogP contribution is -2.40. The normalized spacial score (nSPS) is 15.0. The lowest BCUT2D eigenvalue weighted by molar-refractivity contribution is 0.251. The van der Waals surface area contributed by atoms with Crippen molar-refractivity contribution in [3.8, 4) is 5.88 Å². The van der Waals surface area contributed by atoms with Crippen molar-refractivity contribution in [1.82, 2.24) is 15.6 Å². The Morgan fingerprint density at radius 1 is 1.30 bits per heavy atom. The van der Waals surface area contributed by atoms with Gasteiger partial charge in [0.2, 0.25) is 5.88 Å². The number of pyridine rings is 1. The first kappa shape index (κ1) is 23.9. The van der Waals surface area contributed by atoms with Crippen molar-refractivity contribution in [2.75, 3.05) is 26.3 Å². The van der Waals surface area contributed by atoms with Gasteiger partial charge in [0.05, 0.1) is 13.2 Å². The summed E-state index contributed by atoms with van der Waals surface area (Å²) < 4.78 is 5.67. The number of aliphatic hydroxyl groups is 1. The van der Waals surface area contributed by atoms with Gasteiger partial charge in [-0.25, -0.2) is 9.98 Å².